The van der Waals surface area contributed by atoms with Gasteiger partial charge in [0.15, 0.2) is 11.0 Å². The number of aryl methyl sites for hydroxylation is 1. The lowest BCUT2D eigenvalue weighted by molar-refractivity contribution is -0.610. The van der Waals surface area contributed by atoms with Crippen LogP contribution in [0.2, 0.25) is 5.15 Å². The molecule has 44 heavy (non-hydrogen) atoms. The molecule has 0 unspecified atom stereocenters. The zero-order valence-electron chi connectivity index (χ0n) is 24.8. The van der Waals surface area contributed by atoms with Crippen molar-refractivity contribution in [3.8, 4) is 22.5 Å². The predicted octanol–water partition coefficient (Wildman–Crippen LogP) is 5.12. The molecule has 226 valence electrons. The lowest BCUT2D eigenvalue weighted by Crippen LogP contribution is -2.45. The van der Waals surface area contributed by atoms with Crippen LogP contribution in [0.25, 0.3) is 22.5 Å². The van der Waals surface area contributed by atoms with Gasteiger partial charge < -0.3 is 14.7 Å². The van der Waals surface area contributed by atoms with Crippen molar-refractivity contribution < 1.29 is 14.3 Å². The third kappa shape index (κ3) is 6.09. The molecule has 0 fully saturated rings. The average Bonchev–Trinajstić information content (AvgIpc) is 3.69. The van der Waals surface area contributed by atoms with Gasteiger partial charge in [-0.05, 0) is 59.5 Å². The molecule has 0 aliphatic rings. The molecule has 5 rings (SSSR count). The van der Waals surface area contributed by atoms with Gasteiger partial charge in [0.05, 0.1) is 0 Å². The monoisotopic (exact) mass is 612 g/mol. The molecule has 3 aromatic heterocycles. The maximum Gasteiger partial charge on any atom is 0.319 e. The topological polar surface area (TPSA) is 137 Å². The van der Waals surface area contributed by atoms with E-state index < -0.39 is 11.7 Å². The minimum absolute atomic E-state index is 0.00198. The van der Waals surface area contributed by atoms with E-state index in [1.165, 1.54) is 23.1 Å². The predicted molar refractivity (Wildman–Crippen MR) is 166 cm³/mol. The van der Waals surface area contributed by atoms with Crippen molar-refractivity contribution in [2.24, 2.45) is 0 Å². The van der Waals surface area contributed by atoms with Crippen LogP contribution < -0.4 is 4.73 Å². The van der Waals surface area contributed by atoms with Crippen molar-refractivity contribution >= 4 is 23.3 Å². The third-order valence-electron chi connectivity index (χ3n) is 7.53. The number of pyridine rings is 1. The van der Waals surface area contributed by atoms with Gasteiger partial charge in [0.1, 0.15) is 11.5 Å². The van der Waals surface area contributed by atoms with Gasteiger partial charge in [0, 0.05) is 43.8 Å². The number of tetrazole rings is 1. The Balaban J connectivity index is 1.59. The van der Waals surface area contributed by atoms with Gasteiger partial charge in [-0.2, -0.15) is 4.73 Å². The van der Waals surface area contributed by atoms with E-state index in [2.05, 4.69) is 32.5 Å². The Morgan fingerprint density at radius 3 is 2.41 bits per heavy atom. The zero-order chi connectivity index (χ0) is 31.2. The molecular formula is C32H33ClN8O3. The van der Waals surface area contributed by atoms with Crippen molar-refractivity contribution in [3.05, 3.63) is 106 Å². The molecule has 3 heterocycles. The first-order valence-electron chi connectivity index (χ1n) is 14.6. The highest BCUT2D eigenvalue weighted by atomic mass is 35.5. The maximum absolute atomic E-state index is 14.0. The van der Waals surface area contributed by atoms with Crippen LogP contribution in [0, 0.1) is 5.21 Å². The van der Waals surface area contributed by atoms with Gasteiger partial charge in [-0.3, -0.25) is 9.59 Å². The summed E-state index contributed by atoms with van der Waals surface area (Å²) in [4.78, 5) is 33.1. The Hall–Kier alpha value is -4.90. The molecule has 0 bridgehead atoms. The highest BCUT2D eigenvalue weighted by Gasteiger charge is 2.31. The molecule has 0 saturated heterocycles. The molecule has 0 aliphatic carbocycles. The Kier molecular flexibility index (Phi) is 9.44. The molecule has 0 saturated carbocycles. The molecule has 11 nitrogen and oxygen atoms in total. The highest BCUT2D eigenvalue weighted by molar-refractivity contribution is 6.33. The number of nitrogens with zero attached hydrogens (tertiary/aromatic N) is 7. The number of nitrogens with one attached hydrogen (secondary N) is 1. The lowest BCUT2D eigenvalue weighted by atomic mass is 9.97. The summed E-state index contributed by atoms with van der Waals surface area (Å²) in [7, 11) is 0. The Morgan fingerprint density at radius 2 is 1.73 bits per heavy atom. The van der Waals surface area contributed by atoms with Gasteiger partial charge in [0.2, 0.25) is 0 Å². The van der Waals surface area contributed by atoms with E-state index in [9.17, 15) is 14.8 Å². The van der Waals surface area contributed by atoms with E-state index in [4.69, 9.17) is 11.6 Å². The summed E-state index contributed by atoms with van der Waals surface area (Å²) >= 11 is 6.64. The number of imidazole rings is 1. The molecule has 5 aromatic rings. The molecule has 0 atom stereocenters. The summed E-state index contributed by atoms with van der Waals surface area (Å²) in [5.74, 6) is 0.0628. The highest BCUT2D eigenvalue weighted by Crippen LogP contribution is 2.32. The summed E-state index contributed by atoms with van der Waals surface area (Å²) in [5.41, 5.74) is 3.31. The SMILES string of the molecule is CCCCc1nc(Cl)c(C(=O)c2cccc(C(=O)N(CC)CC)[n+]2[O-])n1Cc1ccc(-c2ccccc2)c(-c2nnn[nH]2)c1. The number of ketones is 1. The quantitative estimate of drug-likeness (QED) is 0.117. The molecule has 1 amide bonds. The first-order chi connectivity index (χ1) is 21.4. The first-order valence-corrected chi connectivity index (χ1v) is 15.0. The van der Waals surface area contributed by atoms with E-state index in [-0.39, 0.29) is 28.8 Å². The minimum atomic E-state index is -0.616. The minimum Gasteiger partial charge on any atom is -0.618 e. The van der Waals surface area contributed by atoms with E-state index in [1.807, 2.05) is 62.4 Å². The number of unbranched alkanes of at least 4 members (excludes halogenated alkanes) is 1. The average molecular weight is 613 g/mol. The van der Waals surface area contributed by atoms with E-state index in [1.54, 1.807) is 4.57 Å². The van der Waals surface area contributed by atoms with E-state index in [0.29, 0.717) is 35.9 Å². The number of hydrogen-bond donors (Lipinski definition) is 1. The van der Waals surface area contributed by atoms with Crippen LogP contribution in [0.3, 0.4) is 0 Å². The molecular weight excluding hydrogens is 580 g/mol. The summed E-state index contributed by atoms with van der Waals surface area (Å²) in [6.45, 7) is 6.85. The van der Waals surface area contributed by atoms with Crippen molar-refractivity contribution in [3.63, 3.8) is 0 Å². The zero-order valence-corrected chi connectivity index (χ0v) is 25.6. The standard InChI is InChI=1S/C32H33ClN8O3/c1-4-7-16-27-34-30(33)28(29(42)25-14-11-15-26(41(25)44)32(43)39(5-2)6-3)40(27)20-21-17-18-23(22-12-9-8-10-13-22)24(19-21)31-35-37-38-36-31/h8-15,17-19H,4-7,16,20H2,1-3H3,(H,35,36,37,38). The fraction of sp³-hybridized carbons (Fsp3) is 0.281. The maximum atomic E-state index is 14.0. The van der Waals surface area contributed by atoms with Gasteiger partial charge >= 0.3 is 5.91 Å². The number of hydrogen-bond acceptors (Lipinski definition) is 7. The van der Waals surface area contributed by atoms with Gasteiger partial charge in [0.25, 0.3) is 17.2 Å². The largest absolute Gasteiger partial charge is 0.618 e. The molecule has 0 radical (unpaired) electrons. The fourth-order valence-corrected chi connectivity index (χ4v) is 5.49. The number of aromatic amines is 1. The Morgan fingerprint density at radius 1 is 0.977 bits per heavy atom. The van der Waals surface area contributed by atoms with Crippen molar-refractivity contribution in [1.82, 2.24) is 35.1 Å². The number of amides is 1. The molecule has 0 spiro atoms. The number of H-pyrrole nitrogens is 1. The molecule has 0 aliphatic heterocycles. The third-order valence-corrected chi connectivity index (χ3v) is 7.79. The second kappa shape index (κ2) is 13.6. The van der Waals surface area contributed by atoms with E-state index >= 15 is 0 Å². The number of benzene rings is 2. The summed E-state index contributed by atoms with van der Waals surface area (Å²) < 4.78 is 2.16. The lowest BCUT2D eigenvalue weighted by Gasteiger charge is -2.18. The van der Waals surface area contributed by atoms with Crippen LogP contribution in [0.15, 0.2) is 66.7 Å². The molecule has 12 heteroatoms. The van der Waals surface area contributed by atoms with Crippen LogP contribution in [-0.2, 0) is 13.0 Å². The second-order valence-electron chi connectivity index (χ2n) is 10.3. The van der Waals surface area contributed by atoms with Crippen LogP contribution in [0.4, 0.5) is 0 Å². The molecule has 2 aromatic carbocycles. The van der Waals surface area contributed by atoms with Gasteiger partial charge in [-0.1, -0.05) is 67.4 Å². The van der Waals surface area contributed by atoms with Crippen molar-refractivity contribution in [1.29, 1.82) is 0 Å². The Labute approximate surface area is 260 Å². The van der Waals surface area contributed by atoms with Crippen LogP contribution in [0.5, 0.6) is 0 Å². The van der Waals surface area contributed by atoms with Crippen LogP contribution in [0.1, 0.15) is 71.7 Å². The summed E-state index contributed by atoms with van der Waals surface area (Å²) in [6, 6.07) is 20.2. The van der Waals surface area contributed by atoms with Crippen molar-refractivity contribution in [2.45, 2.75) is 46.6 Å². The number of carbonyl (C=O) groups is 2. The number of rotatable bonds is 12. The fourth-order valence-electron chi connectivity index (χ4n) is 5.21. The normalized spacial score (nSPS) is 11.1. The summed E-state index contributed by atoms with van der Waals surface area (Å²) in [6.07, 6.45) is 2.33. The van der Waals surface area contributed by atoms with E-state index in [0.717, 1.165) is 35.1 Å². The number of aromatic nitrogens is 7. The van der Waals surface area contributed by atoms with Gasteiger partial charge in [-0.25, -0.2) is 10.1 Å². The smallest absolute Gasteiger partial charge is 0.319 e. The van der Waals surface area contributed by atoms with Crippen LogP contribution >= 0.6 is 11.6 Å². The van der Waals surface area contributed by atoms with Crippen molar-refractivity contribution in [2.75, 3.05) is 13.1 Å². The second-order valence-corrected chi connectivity index (χ2v) is 10.6. The summed E-state index contributed by atoms with van der Waals surface area (Å²) in [5, 5.41) is 27.9. The molecule has 1 N–H and O–H groups in total. The van der Waals surface area contributed by atoms with Crippen LogP contribution in [-0.4, -0.2) is 59.9 Å². The number of carbonyl (C=O) groups excluding carboxylic acids is 2. The first kappa shape index (κ1) is 30.6. The van der Waals surface area contributed by atoms with Gasteiger partial charge in [-0.15, -0.1) is 5.10 Å². The number of halogens is 1. The Bertz CT molecular complexity index is 1770.